The molecule has 2 aromatic rings. The number of nitrogens with zero attached hydrogens (tertiary/aromatic N) is 1. The van der Waals surface area contributed by atoms with E-state index in [9.17, 15) is 68.7 Å². The summed E-state index contributed by atoms with van der Waals surface area (Å²) in [6, 6.07) is 3.13. The molecule has 0 saturated carbocycles. The van der Waals surface area contributed by atoms with Crippen LogP contribution in [0.4, 0.5) is 0 Å². The van der Waals surface area contributed by atoms with Crippen molar-refractivity contribution in [1.82, 2.24) is 10.4 Å². The van der Waals surface area contributed by atoms with Crippen LogP contribution in [0.3, 0.4) is 0 Å². The van der Waals surface area contributed by atoms with E-state index >= 15 is 0 Å². The third-order valence-corrected chi connectivity index (χ3v) is 11.0. The van der Waals surface area contributed by atoms with Crippen LogP contribution in [0.1, 0.15) is 107 Å². The number of hydroxylamine groups is 2. The van der Waals surface area contributed by atoms with E-state index in [1.54, 1.807) is 0 Å². The number of carbonyl (C=O) groups is 9. The van der Waals surface area contributed by atoms with Gasteiger partial charge in [-0.3, -0.25) is 38.4 Å². The number of hydrogen-bond acceptors (Lipinski definition) is 20. The number of aliphatic hydroxyl groups excluding tert-OH is 2. The van der Waals surface area contributed by atoms with E-state index in [-0.39, 0.29) is 47.3 Å². The number of fused-ring (bicyclic) bond motifs is 3. The van der Waals surface area contributed by atoms with Gasteiger partial charge in [0.05, 0.1) is 61.3 Å². The number of carbonyl (C=O) groups excluding carboxylic acids is 9. The van der Waals surface area contributed by atoms with Crippen LogP contribution in [-0.2, 0) is 63.8 Å². The molecule has 2 heterocycles. The second-order valence-corrected chi connectivity index (χ2v) is 15.2. The first-order chi connectivity index (χ1) is 29.9. The highest BCUT2D eigenvalue weighted by Gasteiger charge is 2.50. The molecule has 2 saturated heterocycles. The number of Topliss-reactive ketones (excluding diaryl/α,β-unsaturated/α-hetero) is 1. The van der Waals surface area contributed by atoms with Crippen LogP contribution in [-0.4, -0.2) is 141 Å². The van der Waals surface area contributed by atoms with Gasteiger partial charge < -0.3 is 59.4 Å². The Morgan fingerprint density at radius 1 is 0.873 bits per heavy atom. The van der Waals surface area contributed by atoms with E-state index in [4.69, 9.17) is 23.7 Å². The van der Waals surface area contributed by atoms with Crippen LogP contribution >= 0.6 is 0 Å². The first-order valence-corrected chi connectivity index (χ1v) is 19.8. The molecule has 22 nitrogen and oxygen atoms in total. The molecule has 22 heteroatoms. The molecule has 63 heavy (non-hydrogen) atoms. The summed E-state index contributed by atoms with van der Waals surface area (Å²) in [6.07, 6.45) is -8.85. The molecule has 2 aliphatic carbocycles. The highest BCUT2D eigenvalue weighted by molar-refractivity contribution is 6.31. The molecule has 0 radical (unpaired) electrons. The first-order valence-electron chi connectivity index (χ1n) is 19.8. The molecule has 2 fully saturated rings. The van der Waals surface area contributed by atoms with Gasteiger partial charge in [0, 0.05) is 55.2 Å². The number of nitrogens with one attached hydrogen (secondary N) is 1. The number of esters is 2. The Morgan fingerprint density at radius 2 is 1.49 bits per heavy atom. The van der Waals surface area contributed by atoms with Gasteiger partial charge in [0.1, 0.15) is 48.8 Å². The number of benzene rings is 2. The Morgan fingerprint density at radius 3 is 2.13 bits per heavy atom. The maximum atomic E-state index is 13.9. The number of phenols is 2. The van der Waals surface area contributed by atoms with Gasteiger partial charge in [0.2, 0.25) is 11.7 Å². The Bertz CT molecular complexity index is 2240. The minimum absolute atomic E-state index is 0.0190. The minimum atomic E-state index is -2.41. The van der Waals surface area contributed by atoms with Crippen molar-refractivity contribution >= 4 is 53.0 Å². The Balaban J connectivity index is 1.06. The largest absolute Gasteiger partial charge is 0.507 e. The Hall–Kier alpha value is -6.33. The number of ether oxygens (including phenoxy) is 5. The van der Waals surface area contributed by atoms with Crippen molar-refractivity contribution in [3.05, 3.63) is 51.6 Å². The van der Waals surface area contributed by atoms with Gasteiger partial charge in [-0.1, -0.05) is 12.1 Å². The molecule has 0 unspecified atom stereocenters. The molecular formula is C41H44N2O20. The van der Waals surface area contributed by atoms with Gasteiger partial charge in [-0.2, -0.15) is 0 Å². The fraction of sp³-hybridized carbons (Fsp3) is 0.488. The second kappa shape index (κ2) is 19.0. The number of imide groups is 1. The summed E-state index contributed by atoms with van der Waals surface area (Å²) in [7, 11) is 1.27. The monoisotopic (exact) mass is 884 g/mol. The highest BCUT2D eigenvalue weighted by Crippen LogP contribution is 2.52. The molecule has 0 bridgehead atoms. The number of ketones is 3. The predicted molar refractivity (Wildman–Crippen MR) is 203 cm³/mol. The summed E-state index contributed by atoms with van der Waals surface area (Å²) in [5.74, 6) is -9.16. The number of amides is 3. The molecular weight excluding hydrogens is 840 g/mol. The van der Waals surface area contributed by atoms with Crippen molar-refractivity contribution in [3.8, 4) is 17.2 Å². The molecule has 2 aliphatic heterocycles. The van der Waals surface area contributed by atoms with Gasteiger partial charge in [0.25, 0.3) is 11.8 Å². The summed E-state index contributed by atoms with van der Waals surface area (Å²) in [6.45, 7) is -0.470. The van der Waals surface area contributed by atoms with Crippen LogP contribution in [0.2, 0.25) is 0 Å². The Kier molecular flexibility index (Phi) is 13.9. The number of rotatable bonds is 16. The van der Waals surface area contributed by atoms with Crippen molar-refractivity contribution < 1.29 is 97.2 Å². The molecule has 3 amide bonds. The zero-order valence-electron chi connectivity index (χ0n) is 33.9. The number of phenolic OH excluding ortho intramolecular Hbond substituents is 2. The summed E-state index contributed by atoms with van der Waals surface area (Å²) >= 11 is 0. The van der Waals surface area contributed by atoms with Crippen molar-refractivity contribution in [3.63, 3.8) is 0 Å². The molecule has 6 rings (SSSR count). The highest BCUT2D eigenvalue weighted by atomic mass is 16.7. The van der Waals surface area contributed by atoms with Crippen LogP contribution < -0.4 is 10.1 Å². The average molecular weight is 885 g/mol. The van der Waals surface area contributed by atoms with Crippen LogP contribution in [0.15, 0.2) is 18.2 Å². The van der Waals surface area contributed by atoms with E-state index in [2.05, 4.69) is 10.2 Å². The fourth-order valence-corrected chi connectivity index (χ4v) is 7.82. The molecule has 338 valence electrons. The van der Waals surface area contributed by atoms with E-state index in [1.807, 2.05) is 0 Å². The van der Waals surface area contributed by atoms with Crippen molar-refractivity contribution in [2.45, 2.75) is 101 Å². The summed E-state index contributed by atoms with van der Waals surface area (Å²) in [4.78, 5) is 117. The van der Waals surface area contributed by atoms with Gasteiger partial charge in [-0.25, -0.2) is 4.79 Å². The van der Waals surface area contributed by atoms with Crippen molar-refractivity contribution in [2.24, 2.45) is 0 Å². The van der Waals surface area contributed by atoms with Gasteiger partial charge in [-0.05, 0) is 13.0 Å². The zero-order chi connectivity index (χ0) is 45.9. The van der Waals surface area contributed by atoms with E-state index < -0.39 is 170 Å². The minimum Gasteiger partial charge on any atom is -0.507 e. The molecule has 6 atom stereocenters. The number of aliphatic hydroxyl groups is 3. The standard InChI is InChI=1S/C41H44N2O20/c1-18-36(52)21(42-25(46)6-9-28(49)59-12-13-60-29(50)10-11-30(51)63-43-26(47)7-8-27(43)48)14-31(61-18)62-23-16-41(57,24(45)17-44)15-20-33(23)40(56)35-34(38(20)54)37(53)19-4-3-5-22(58-2)32(19)39(35)55/h3-5,18,21,23,31,36,44,52,54,56-57H,6-17H2,1-2H3,(H,42,46)/t18-,21-,23-,31-,36+,41-/m0/s1. The van der Waals surface area contributed by atoms with Crippen LogP contribution in [0, 0.1) is 0 Å². The number of aromatic hydroxyl groups is 2. The normalized spacial score (nSPS) is 23.9. The molecule has 4 aliphatic rings. The lowest BCUT2D eigenvalue weighted by atomic mass is 9.72. The summed E-state index contributed by atoms with van der Waals surface area (Å²) in [5.41, 5.74) is -4.44. The quantitative estimate of drug-likeness (QED) is 0.0453. The van der Waals surface area contributed by atoms with Gasteiger partial charge >= 0.3 is 17.9 Å². The SMILES string of the molecule is COc1cccc2c1C(=O)c1c(O)c3c(c(O)c1C2=O)C[C@@](O)(C(=O)CO)C[C@@H]3O[C@H]1C[C@H](NC(=O)CCC(=O)OCCOC(=O)CCC(=O)ON2C(=O)CCC2=O)[C@H](O)[C@H](C)O1. The van der Waals surface area contributed by atoms with E-state index in [0.29, 0.717) is 5.06 Å². The topological polar surface area (TPSA) is 325 Å². The predicted octanol–water partition coefficient (Wildman–Crippen LogP) is -0.587. The Labute approximate surface area is 356 Å². The number of methoxy groups -OCH3 is 1. The molecule has 6 N–H and O–H groups in total. The lowest BCUT2D eigenvalue weighted by Crippen LogP contribution is -2.55. The van der Waals surface area contributed by atoms with Crippen molar-refractivity contribution in [2.75, 3.05) is 26.9 Å². The van der Waals surface area contributed by atoms with Crippen LogP contribution in [0.5, 0.6) is 17.2 Å². The van der Waals surface area contributed by atoms with E-state index in [1.165, 1.54) is 32.2 Å². The van der Waals surface area contributed by atoms with Crippen LogP contribution in [0.25, 0.3) is 0 Å². The third-order valence-electron chi connectivity index (χ3n) is 11.0. The smallest absolute Gasteiger partial charge is 0.333 e. The average Bonchev–Trinajstić information content (AvgIpc) is 3.56. The third kappa shape index (κ3) is 9.54. The molecule has 0 aromatic heterocycles. The maximum Gasteiger partial charge on any atom is 0.333 e. The summed E-state index contributed by atoms with van der Waals surface area (Å²) < 4.78 is 27.2. The van der Waals surface area contributed by atoms with Gasteiger partial charge in [-0.15, -0.1) is 5.06 Å². The zero-order valence-corrected chi connectivity index (χ0v) is 33.9. The van der Waals surface area contributed by atoms with Gasteiger partial charge in [0.15, 0.2) is 17.9 Å². The van der Waals surface area contributed by atoms with E-state index in [0.717, 1.165) is 0 Å². The number of hydrogen-bond donors (Lipinski definition) is 6. The second-order valence-electron chi connectivity index (χ2n) is 15.2. The molecule has 0 spiro atoms. The molecule has 2 aromatic carbocycles. The lowest BCUT2D eigenvalue weighted by molar-refractivity contribution is -0.249. The van der Waals surface area contributed by atoms with Crippen molar-refractivity contribution in [1.29, 1.82) is 0 Å². The summed E-state index contributed by atoms with van der Waals surface area (Å²) in [5, 5.41) is 58.4. The maximum absolute atomic E-state index is 13.9. The fourth-order valence-electron chi connectivity index (χ4n) is 7.82. The first kappa shape index (κ1) is 46.2. The lowest BCUT2D eigenvalue weighted by Gasteiger charge is -2.43.